The van der Waals surface area contributed by atoms with Gasteiger partial charge in [-0.1, -0.05) is 36.8 Å². The highest BCUT2D eigenvalue weighted by Gasteiger charge is 2.28. The third-order valence-corrected chi connectivity index (χ3v) is 5.99. The van der Waals surface area contributed by atoms with E-state index in [2.05, 4.69) is 59.2 Å². The van der Waals surface area contributed by atoms with Crippen molar-refractivity contribution in [2.75, 3.05) is 25.4 Å². The van der Waals surface area contributed by atoms with Crippen LogP contribution in [0.2, 0.25) is 0 Å². The van der Waals surface area contributed by atoms with E-state index in [9.17, 15) is 0 Å². The Bertz CT molecular complexity index is 403. The van der Waals surface area contributed by atoms with Crippen LogP contribution in [-0.2, 0) is 0 Å². The first-order valence-electron chi connectivity index (χ1n) is 7.97. The van der Waals surface area contributed by atoms with Crippen LogP contribution in [0.15, 0.2) is 30.3 Å². The number of benzene rings is 1. The van der Waals surface area contributed by atoms with Gasteiger partial charge in [0, 0.05) is 37.0 Å². The molecule has 0 bridgehead atoms. The zero-order chi connectivity index (χ0) is 13.8. The van der Waals surface area contributed by atoms with Crippen LogP contribution in [0.1, 0.15) is 37.8 Å². The van der Waals surface area contributed by atoms with E-state index in [-0.39, 0.29) is 0 Å². The minimum atomic E-state index is 0.501. The lowest BCUT2D eigenvalue weighted by Gasteiger charge is -2.41. The molecule has 3 heteroatoms. The van der Waals surface area contributed by atoms with Crippen LogP contribution >= 0.6 is 11.8 Å². The Morgan fingerprint density at radius 1 is 1.25 bits per heavy atom. The molecule has 0 aromatic heterocycles. The normalized spacial score (nSPS) is 32.1. The number of rotatable bonds is 3. The number of piperazine rings is 1. The maximum Gasteiger partial charge on any atom is 0.0449 e. The van der Waals surface area contributed by atoms with Gasteiger partial charge in [0.2, 0.25) is 0 Å². The van der Waals surface area contributed by atoms with Crippen molar-refractivity contribution in [2.24, 2.45) is 0 Å². The maximum atomic E-state index is 3.70. The summed E-state index contributed by atoms with van der Waals surface area (Å²) >= 11 is 2.19. The highest BCUT2D eigenvalue weighted by Crippen LogP contribution is 2.28. The minimum Gasteiger partial charge on any atom is -0.307 e. The van der Waals surface area contributed by atoms with Crippen molar-refractivity contribution >= 4 is 11.8 Å². The number of hydrogen-bond donors (Lipinski definition) is 1. The van der Waals surface area contributed by atoms with Gasteiger partial charge >= 0.3 is 0 Å². The zero-order valence-corrected chi connectivity index (χ0v) is 13.2. The van der Waals surface area contributed by atoms with Gasteiger partial charge in [0.15, 0.2) is 0 Å². The molecule has 0 radical (unpaired) electrons. The van der Waals surface area contributed by atoms with Gasteiger partial charge in [0.1, 0.15) is 0 Å². The Hall–Kier alpha value is -0.510. The minimum absolute atomic E-state index is 0.501. The Kier molecular flexibility index (Phi) is 5.03. The summed E-state index contributed by atoms with van der Waals surface area (Å²) in [6, 6.07) is 12.1. The molecule has 3 unspecified atom stereocenters. The first kappa shape index (κ1) is 14.4. The zero-order valence-electron chi connectivity index (χ0n) is 12.4. The molecule has 110 valence electrons. The fourth-order valence-corrected chi connectivity index (χ4v) is 4.63. The lowest BCUT2D eigenvalue weighted by atomic mass is 10.0. The number of nitrogens with zero attached hydrogens (tertiary/aromatic N) is 1. The molecular weight excluding hydrogens is 264 g/mol. The van der Waals surface area contributed by atoms with Gasteiger partial charge in [-0.3, -0.25) is 4.90 Å². The van der Waals surface area contributed by atoms with E-state index >= 15 is 0 Å². The summed E-state index contributed by atoms with van der Waals surface area (Å²) in [6.07, 6.45) is 4.27. The first-order valence-corrected chi connectivity index (χ1v) is 9.02. The summed E-state index contributed by atoms with van der Waals surface area (Å²) in [5, 5.41) is 4.57. The Balaban J connectivity index is 1.61. The number of hydrogen-bond acceptors (Lipinski definition) is 3. The van der Waals surface area contributed by atoms with Gasteiger partial charge in [-0.2, -0.15) is 11.8 Å². The summed E-state index contributed by atoms with van der Waals surface area (Å²) in [5.74, 6) is 1.37. The molecule has 2 aliphatic rings. The average Bonchev–Trinajstić information content (AvgIpc) is 2.51. The fourth-order valence-electron chi connectivity index (χ4n) is 3.30. The van der Waals surface area contributed by atoms with Gasteiger partial charge in [-0.05, 0) is 31.1 Å². The second-order valence-electron chi connectivity index (χ2n) is 6.16. The van der Waals surface area contributed by atoms with E-state index in [4.69, 9.17) is 0 Å². The molecule has 1 aromatic carbocycles. The number of thioether (sulfide) groups is 1. The smallest absolute Gasteiger partial charge is 0.0449 e. The Morgan fingerprint density at radius 2 is 2.10 bits per heavy atom. The van der Waals surface area contributed by atoms with Crippen molar-refractivity contribution in [3.8, 4) is 0 Å². The highest BCUT2D eigenvalue weighted by atomic mass is 32.2. The van der Waals surface area contributed by atoms with Gasteiger partial charge in [0.05, 0.1) is 0 Å². The van der Waals surface area contributed by atoms with Crippen LogP contribution in [0.25, 0.3) is 0 Å². The fraction of sp³-hybridized carbons (Fsp3) is 0.647. The molecule has 0 saturated carbocycles. The van der Waals surface area contributed by atoms with E-state index in [1.54, 1.807) is 0 Å². The van der Waals surface area contributed by atoms with E-state index in [1.165, 1.54) is 37.1 Å². The highest BCUT2D eigenvalue weighted by molar-refractivity contribution is 7.99. The second kappa shape index (κ2) is 6.97. The molecule has 0 aliphatic carbocycles. The standard InChI is InChI=1S/C17H26N2S/c1-14-11-18-17(15-7-3-2-4-8-15)13-19(14)12-16-9-5-6-10-20-16/h2-4,7-8,14,16-18H,5-6,9-13H2,1H3. The molecule has 1 aromatic rings. The van der Waals surface area contributed by atoms with Gasteiger partial charge < -0.3 is 5.32 Å². The molecular formula is C17H26N2S. The van der Waals surface area contributed by atoms with Gasteiger partial charge in [-0.15, -0.1) is 0 Å². The lowest BCUT2D eigenvalue weighted by Crippen LogP contribution is -2.53. The average molecular weight is 290 g/mol. The molecule has 2 fully saturated rings. The molecule has 2 saturated heterocycles. The SMILES string of the molecule is CC1CNC(c2ccccc2)CN1CC1CCCCS1. The van der Waals surface area contributed by atoms with Crippen molar-refractivity contribution in [2.45, 2.75) is 43.5 Å². The molecule has 0 amide bonds. The van der Waals surface area contributed by atoms with E-state index < -0.39 is 0 Å². The molecule has 2 heterocycles. The predicted octanol–water partition coefficient (Wildman–Crippen LogP) is 3.31. The van der Waals surface area contributed by atoms with Crippen LogP contribution in [0.4, 0.5) is 0 Å². The summed E-state index contributed by atoms with van der Waals surface area (Å²) in [4.78, 5) is 2.71. The van der Waals surface area contributed by atoms with Crippen LogP contribution in [0, 0.1) is 0 Å². The van der Waals surface area contributed by atoms with Crippen molar-refractivity contribution in [3.05, 3.63) is 35.9 Å². The third kappa shape index (κ3) is 3.57. The maximum absolute atomic E-state index is 3.70. The molecule has 2 nitrogen and oxygen atoms in total. The van der Waals surface area contributed by atoms with E-state index in [0.29, 0.717) is 12.1 Å². The van der Waals surface area contributed by atoms with Crippen molar-refractivity contribution in [1.29, 1.82) is 0 Å². The van der Waals surface area contributed by atoms with Crippen LogP contribution in [0.5, 0.6) is 0 Å². The summed E-state index contributed by atoms with van der Waals surface area (Å²) in [6.45, 7) is 5.90. The molecule has 1 N–H and O–H groups in total. The quantitative estimate of drug-likeness (QED) is 0.919. The number of nitrogens with one attached hydrogen (secondary N) is 1. The topological polar surface area (TPSA) is 15.3 Å². The van der Waals surface area contributed by atoms with Crippen molar-refractivity contribution < 1.29 is 0 Å². The third-order valence-electron chi connectivity index (χ3n) is 4.61. The van der Waals surface area contributed by atoms with Gasteiger partial charge in [0.25, 0.3) is 0 Å². The predicted molar refractivity (Wildman–Crippen MR) is 88.3 cm³/mol. The second-order valence-corrected chi connectivity index (χ2v) is 7.57. The Morgan fingerprint density at radius 3 is 2.85 bits per heavy atom. The van der Waals surface area contributed by atoms with Gasteiger partial charge in [-0.25, -0.2) is 0 Å². The van der Waals surface area contributed by atoms with E-state index in [1.807, 2.05) is 0 Å². The van der Waals surface area contributed by atoms with E-state index in [0.717, 1.165) is 18.3 Å². The van der Waals surface area contributed by atoms with Crippen LogP contribution < -0.4 is 5.32 Å². The molecule has 20 heavy (non-hydrogen) atoms. The summed E-state index contributed by atoms with van der Waals surface area (Å²) in [5.41, 5.74) is 1.43. The molecule has 2 aliphatic heterocycles. The summed E-state index contributed by atoms with van der Waals surface area (Å²) in [7, 11) is 0. The van der Waals surface area contributed by atoms with Crippen LogP contribution in [-0.4, -0.2) is 41.6 Å². The monoisotopic (exact) mass is 290 g/mol. The largest absolute Gasteiger partial charge is 0.307 e. The van der Waals surface area contributed by atoms with Crippen molar-refractivity contribution in [3.63, 3.8) is 0 Å². The van der Waals surface area contributed by atoms with Crippen molar-refractivity contribution in [1.82, 2.24) is 10.2 Å². The molecule has 0 spiro atoms. The summed E-state index contributed by atoms with van der Waals surface area (Å²) < 4.78 is 0. The molecule has 3 rings (SSSR count). The molecule has 3 atom stereocenters. The Labute approximate surface area is 127 Å². The first-order chi connectivity index (χ1) is 9.83. The van der Waals surface area contributed by atoms with Crippen LogP contribution in [0.3, 0.4) is 0 Å². The lowest BCUT2D eigenvalue weighted by molar-refractivity contribution is 0.140.